The highest BCUT2D eigenvalue weighted by Crippen LogP contribution is 2.37. The van der Waals surface area contributed by atoms with Crippen LogP contribution >= 0.6 is 35.3 Å². The summed E-state index contributed by atoms with van der Waals surface area (Å²) in [6.45, 7) is -0.442. The fraction of sp³-hybridized carbons (Fsp3) is 0.974. The molecule has 3 saturated heterocycles. The minimum absolute atomic E-state index is 0.0997. The van der Waals surface area contributed by atoms with Crippen LogP contribution in [0.3, 0.4) is 0 Å². The lowest BCUT2D eigenvalue weighted by Crippen LogP contribution is -2.63. The monoisotopic (exact) mass is 999 g/mol. The number of ether oxygens (including phenoxy) is 9. The van der Waals surface area contributed by atoms with Crippen LogP contribution in [-0.4, -0.2) is 273 Å². The second kappa shape index (κ2) is 29.1. The van der Waals surface area contributed by atoms with Gasteiger partial charge in [-0.2, -0.15) is 23.5 Å². The Morgan fingerprint density at radius 3 is 1.71 bits per heavy atom. The van der Waals surface area contributed by atoms with Crippen molar-refractivity contribution in [3.8, 4) is 0 Å². The van der Waals surface area contributed by atoms with E-state index in [1.54, 1.807) is 23.5 Å². The lowest BCUT2D eigenvalue weighted by molar-refractivity contribution is -0.347. The van der Waals surface area contributed by atoms with Crippen molar-refractivity contribution in [1.29, 1.82) is 0 Å². The summed E-state index contributed by atoms with van der Waals surface area (Å²) in [6.07, 6.45) is -21.4. The average molecular weight is 1000 g/mol. The number of hydrogen-bond donors (Lipinski definition) is 13. The Morgan fingerprint density at radius 2 is 1.18 bits per heavy atom. The highest BCUT2D eigenvalue weighted by molar-refractivity contribution is 8.00. The van der Waals surface area contributed by atoms with Gasteiger partial charge in [0.1, 0.15) is 90.8 Å². The molecule has 0 bridgehead atoms. The van der Waals surface area contributed by atoms with E-state index in [9.17, 15) is 56.2 Å². The number of aliphatic hydroxyl groups is 11. The Labute approximate surface area is 391 Å². The van der Waals surface area contributed by atoms with Gasteiger partial charge in [-0.3, -0.25) is 4.99 Å². The van der Waals surface area contributed by atoms with Crippen molar-refractivity contribution in [1.82, 2.24) is 0 Å². The molecule has 0 amide bonds. The maximum atomic E-state index is 11.3. The molecule has 3 heterocycles. The van der Waals surface area contributed by atoms with Crippen LogP contribution in [0, 0.1) is 0 Å². The van der Waals surface area contributed by atoms with Gasteiger partial charge < -0.3 is 110 Å². The molecule has 0 radical (unpaired) electrons. The highest BCUT2D eigenvalue weighted by atomic mass is 32.2. The Kier molecular flexibility index (Phi) is 25.7. The van der Waals surface area contributed by atoms with E-state index in [-0.39, 0.29) is 32.0 Å². The van der Waals surface area contributed by atoms with E-state index in [0.717, 1.165) is 5.75 Å². The van der Waals surface area contributed by atoms with Crippen LogP contribution in [0.1, 0.15) is 25.7 Å². The maximum Gasteiger partial charge on any atom is 0.187 e. The van der Waals surface area contributed by atoms with Gasteiger partial charge in [0.15, 0.2) is 18.9 Å². The Hall–Kier alpha value is -0.320. The fourth-order valence-electron chi connectivity index (χ4n) is 7.71. The maximum absolute atomic E-state index is 11.3. The second-order valence-electron chi connectivity index (χ2n) is 16.2. The second-order valence-corrected chi connectivity index (χ2v) is 19.9. The third-order valence-electron chi connectivity index (χ3n) is 11.5. The van der Waals surface area contributed by atoms with E-state index in [4.69, 9.17) is 54.1 Å². The molecule has 1 saturated carbocycles. The summed E-state index contributed by atoms with van der Waals surface area (Å²) in [4.78, 5) is 4.37. The van der Waals surface area contributed by atoms with Crippen LogP contribution in [0.15, 0.2) is 4.99 Å². The van der Waals surface area contributed by atoms with E-state index >= 15 is 0 Å². The number of aliphatic imine (C=N–C) groups is 1. The molecule has 0 spiro atoms. The molecule has 26 heteroatoms. The van der Waals surface area contributed by atoms with Crippen LogP contribution in [0.25, 0.3) is 0 Å². The number of amidine groups is 1. The summed E-state index contributed by atoms with van der Waals surface area (Å²) >= 11 is 4.46. The minimum atomic E-state index is -1.85. The number of aliphatic hydroxyl groups excluding tert-OH is 10. The van der Waals surface area contributed by atoms with Crippen LogP contribution in [0.2, 0.25) is 0 Å². The van der Waals surface area contributed by atoms with E-state index in [2.05, 4.69) is 4.99 Å². The summed E-state index contributed by atoms with van der Waals surface area (Å²) in [5.41, 5.74) is 9.81. The number of rotatable bonds is 28. The highest BCUT2D eigenvalue weighted by Gasteiger charge is 2.52. The standard InChI is InChI=1S/C39H73N3O20S3/c1-54-15-21-27(46)30(49)33(57-10-4-12-64-14-8-42-25(41)18-65-24-6-5-20(44)35(52)39(24,53)19-43)37(61-21)59-17-23-28(47)31(50)34(56-9-3-11-63-13-7-40)38(62-23)58-16-22-26(45)29(48)32(51)36(55-2)60-22/h20-24,26-38,43-53H,3-19,40H2,1-2H3,(H2,41,42). The first-order chi connectivity index (χ1) is 31.1. The zero-order chi connectivity index (χ0) is 47.7. The predicted molar refractivity (Wildman–Crippen MR) is 237 cm³/mol. The van der Waals surface area contributed by atoms with Gasteiger partial charge in [-0.15, -0.1) is 11.8 Å². The van der Waals surface area contributed by atoms with E-state index in [0.29, 0.717) is 55.4 Å². The molecule has 0 aromatic heterocycles. The first-order valence-corrected chi connectivity index (χ1v) is 25.1. The molecular formula is C39H73N3O20S3. The Balaban J connectivity index is 1.30. The first kappa shape index (κ1) is 57.3. The van der Waals surface area contributed by atoms with Gasteiger partial charge in [-0.05, 0) is 37.2 Å². The lowest BCUT2D eigenvalue weighted by atomic mass is 9.80. The van der Waals surface area contributed by atoms with Crippen molar-refractivity contribution in [3.05, 3.63) is 0 Å². The summed E-state index contributed by atoms with van der Waals surface area (Å²) in [5.74, 6) is 3.32. The molecular weight excluding hydrogens is 927 g/mol. The van der Waals surface area contributed by atoms with Gasteiger partial charge in [0.25, 0.3) is 0 Å². The largest absolute Gasteiger partial charge is 0.393 e. The smallest absolute Gasteiger partial charge is 0.187 e. The zero-order valence-corrected chi connectivity index (χ0v) is 39.3. The quantitative estimate of drug-likeness (QED) is 0.0198. The Morgan fingerprint density at radius 1 is 0.662 bits per heavy atom. The molecule has 4 fully saturated rings. The number of nitrogens with zero attached hydrogens (tertiary/aromatic N) is 1. The van der Waals surface area contributed by atoms with Crippen LogP contribution in [0.4, 0.5) is 0 Å². The molecule has 15 N–H and O–H groups in total. The zero-order valence-electron chi connectivity index (χ0n) is 36.8. The SMILES string of the molecule is COCC1OC(OCC2OC(OCC3OC(OC)C(O)C(O)C3O)C(OCCCSCCN)C(O)C2O)C(OCCCSCCN=C(N)CSC2CCC(O)C(O)C2(O)CO)C(O)C1O. The number of thioether (sulfide) groups is 3. The molecule has 4 aliphatic rings. The normalized spacial score (nSPS) is 40.6. The van der Waals surface area contributed by atoms with E-state index in [1.807, 2.05) is 0 Å². The predicted octanol–water partition coefficient (Wildman–Crippen LogP) is -5.31. The molecule has 65 heavy (non-hydrogen) atoms. The summed E-state index contributed by atoms with van der Waals surface area (Å²) in [5, 5.41) is 116. The third-order valence-corrected chi connectivity index (χ3v) is 15.2. The van der Waals surface area contributed by atoms with Crippen LogP contribution in [0.5, 0.6) is 0 Å². The van der Waals surface area contributed by atoms with Gasteiger partial charge in [0.2, 0.25) is 0 Å². The molecule has 4 rings (SSSR count). The van der Waals surface area contributed by atoms with Crippen molar-refractivity contribution in [2.75, 3.05) is 95.7 Å². The molecule has 19 unspecified atom stereocenters. The molecule has 3 aliphatic heterocycles. The fourth-order valence-corrected chi connectivity index (χ4v) is 10.4. The lowest BCUT2D eigenvalue weighted by Gasteiger charge is -2.45. The summed E-state index contributed by atoms with van der Waals surface area (Å²) in [6, 6.07) is 0. The molecule has 0 aromatic rings. The first-order valence-electron chi connectivity index (χ1n) is 21.8. The minimum Gasteiger partial charge on any atom is -0.393 e. The van der Waals surface area contributed by atoms with Crippen molar-refractivity contribution in [2.45, 2.75) is 141 Å². The van der Waals surface area contributed by atoms with Crippen molar-refractivity contribution >= 4 is 41.1 Å². The van der Waals surface area contributed by atoms with E-state index in [1.165, 1.54) is 26.0 Å². The number of nitrogens with two attached hydrogens (primary N) is 2. The van der Waals surface area contributed by atoms with Gasteiger partial charge in [0, 0.05) is 57.3 Å². The van der Waals surface area contributed by atoms with Crippen molar-refractivity contribution in [3.63, 3.8) is 0 Å². The number of methoxy groups -OCH3 is 2. The van der Waals surface area contributed by atoms with Gasteiger partial charge in [0.05, 0.1) is 38.3 Å². The van der Waals surface area contributed by atoms with Crippen molar-refractivity contribution in [2.24, 2.45) is 16.5 Å². The molecule has 382 valence electrons. The molecule has 23 nitrogen and oxygen atoms in total. The average Bonchev–Trinajstić information content (AvgIpc) is 3.29. The van der Waals surface area contributed by atoms with Gasteiger partial charge in [-0.25, -0.2) is 0 Å². The van der Waals surface area contributed by atoms with E-state index < -0.39 is 135 Å². The van der Waals surface area contributed by atoms with Crippen molar-refractivity contribution < 1.29 is 98.8 Å². The summed E-state index contributed by atoms with van der Waals surface area (Å²) < 4.78 is 51.9. The van der Waals surface area contributed by atoms with Gasteiger partial charge >= 0.3 is 0 Å². The Bertz CT molecular complexity index is 1360. The number of hydrogen-bond acceptors (Lipinski definition) is 25. The summed E-state index contributed by atoms with van der Waals surface area (Å²) in [7, 11) is 2.65. The van der Waals surface area contributed by atoms with Gasteiger partial charge in [-0.1, -0.05) is 0 Å². The molecule has 1 aliphatic carbocycles. The molecule has 0 aromatic carbocycles. The van der Waals surface area contributed by atoms with Crippen LogP contribution in [-0.2, 0) is 42.6 Å². The van der Waals surface area contributed by atoms with Crippen LogP contribution < -0.4 is 11.5 Å². The topological polar surface area (TPSA) is 370 Å². The molecule has 19 atom stereocenters. The third kappa shape index (κ3) is 16.1.